The van der Waals surface area contributed by atoms with E-state index >= 15 is 0 Å². The molecular weight excluding hydrogens is 487 g/mol. The minimum atomic E-state index is -0.824. The molecule has 8 saturated carbocycles. The summed E-state index contributed by atoms with van der Waals surface area (Å²) in [5.74, 6) is 8.49. The van der Waals surface area contributed by atoms with Crippen LogP contribution in [0.4, 0.5) is 4.39 Å². The Morgan fingerprint density at radius 2 is 1.05 bits per heavy atom. The molecule has 8 rings (SSSR count). The molecule has 0 saturated heterocycles. The van der Waals surface area contributed by atoms with E-state index in [-0.39, 0.29) is 0 Å². The van der Waals surface area contributed by atoms with Crippen molar-refractivity contribution in [3.05, 3.63) is 0 Å². The highest BCUT2D eigenvalue weighted by Crippen LogP contribution is 2.72. The number of halogens is 1. The zero-order valence-corrected chi connectivity index (χ0v) is 29.5. The molecule has 8 fully saturated rings. The van der Waals surface area contributed by atoms with Crippen LogP contribution in [0.5, 0.6) is 0 Å². The first-order valence-corrected chi connectivity index (χ1v) is 18.1. The summed E-state index contributed by atoms with van der Waals surface area (Å²) in [5.41, 5.74) is 1.70. The zero-order valence-electron chi connectivity index (χ0n) is 29.5. The van der Waals surface area contributed by atoms with E-state index in [0.29, 0.717) is 11.8 Å². The summed E-state index contributed by atoms with van der Waals surface area (Å²) in [4.78, 5) is 0. The average molecular weight is 561 g/mol. The molecule has 0 radical (unpaired) electrons. The van der Waals surface area contributed by atoms with E-state index in [1.54, 1.807) is 45.4 Å². The molecule has 1 unspecified atom stereocenters. The van der Waals surface area contributed by atoms with Crippen LogP contribution in [0.3, 0.4) is 0 Å². The fourth-order valence-corrected chi connectivity index (χ4v) is 8.23. The van der Waals surface area contributed by atoms with E-state index in [9.17, 15) is 4.39 Å². The molecule has 8 aliphatic carbocycles. The fraction of sp³-hybridized carbons (Fsp3) is 1.00. The number of rotatable bonds is 5. The average Bonchev–Trinajstić information content (AvgIpc) is 3.60. The van der Waals surface area contributed by atoms with Gasteiger partial charge in [0.1, 0.15) is 5.67 Å². The quantitative estimate of drug-likeness (QED) is 0.314. The Bertz CT molecular complexity index is 719. The molecule has 40 heavy (non-hydrogen) atoms. The molecule has 1 atom stereocenters. The SMILES string of the molecule is CC(C)C1(C)CCC1.CC(C)C12CC(C1)C2.CC(C)C1CC(C)(F)C1.CC(C)C1CC12CC2.CC(C)C1CCC1. The van der Waals surface area contributed by atoms with Gasteiger partial charge in [-0.25, -0.2) is 4.39 Å². The molecular formula is C39H73F. The van der Waals surface area contributed by atoms with Crippen molar-refractivity contribution in [1.29, 1.82) is 0 Å². The molecule has 0 aromatic carbocycles. The smallest absolute Gasteiger partial charge is 0.108 e. The minimum Gasteiger partial charge on any atom is -0.244 e. The molecule has 0 N–H and O–H groups in total. The topological polar surface area (TPSA) is 0 Å². The molecule has 0 aliphatic heterocycles. The second kappa shape index (κ2) is 13.3. The molecule has 2 bridgehead atoms. The van der Waals surface area contributed by atoms with Gasteiger partial charge in [-0.15, -0.1) is 0 Å². The maximum absolute atomic E-state index is 12.8. The number of hydrogen-bond donors (Lipinski definition) is 0. The lowest BCUT2D eigenvalue weighted by Gasteiger charge is -2.64. The van der Waals surface area contributed by atoms with Crippen molar-refractivity contribution in [2.24, 2.45) is 69.5 Å². The Hall–Kier alpha value is -0.0700. The van der Waals surface area contributed by atoms with Gasteiger partial charge in [-0.3, -0.25) is 0 Å². The molecule has 236 valence electrons. The predicted molar refractivity (Wildman–Crippen MR) is 175 cm³/mol. The molecule has 1 spiro atoms. The Morgan fingerprint density at radius 3 is 1.10 bits per heavy atom. The maximum Gasteiger partial charge on any atom is 0.108 e. The van der Waals surface area contributed by atoms with Crippen molar-refractivity contribution in [3.63, 3.8) is 0 Å². The molecule has 8 aliphatic rings. The van der Waals surface area contributed by atoms with Gasteiger partial charge >= 0.3 is 0 Å². The summed E-state index contributed by atoms with van der Waals surface area (Å²) >= 11 is 0. The van der Waals surface area contributed by atoms with E-state index in [1.165, 1.54) is 38.5 Å². The highest BCUT2D eigenvalue weighted by Gasteiger charge is 2.63. The van der Waals surface area contributed by atoms with Gasteiger partial charge in [0.15, 0.2) is 0 Å². The number of hydrogen-bond acceptors (Lipinski definition) is 0. The Kier molecular flexibility index (Phi) is 11.4. The number of alkyl halides is 1. The van der Waals surface area contributed by atoms with Gasteiger partial charge in [0.05, 0.1) is 0 Å². The highest BCUT2D eigenvalue weighted by molar-refractivity contribution is 5.12. The summed E-state index contributed by atoms with van der Waals surface area (Å²) in [6.07, 6.45) is 19.8. The maximum atomic E-state index is 12.8. The Labute approximate surface area is 252 Å². The van der Waals surface area contributed by atoms with Gasteiger partial charge in [0.2, 0.25) is 0 Å². The van der Waals surface area contributed by atoms with Gasteiger partial charge < -0.3 is 0 Å². The first kappa shape index (κ1) is 34.4. The summed E-state index contributed by atoms with van der Waals surface area (Å²) in [5, 5.41) is 0. The Morgan fingerprint density at radius 1 is 0.550 bits per heavy atom. The van der Waals surface area contributed by atoms with Crippen molar-refractivity contribution >= 4 is 0 Å². The van der Waals surface area contributed by atoms with Crippen molar-refractivity contribution in [2.45, 2.75) is 179 Å². The van der Waals surface area contributed by atoms with Gasteiger partial charge in [0, 0.05) is 0 Å². The van der Waals surface area contributed by atoms with Crippen LogP contribution < -0.4 is 0 Å². The summed E-state index contributed by atoms with van der Waals surface area (Å²) in [6.45, 7) is 27.2. The van der Waals surface area contributed by atoms with Gasteiger partial charge in [-0.1, -0.05) is 102 Å². The molecule has 0 heterocycles. The fourth-order valence-electron chi connectivity index (χ4n) is 8.23. The largest absolute Gasteiger partial charge is 0.244 e. The molecule has 0 aromatic heterocycles. The minimum absolute atomic E-state index is 0.653. The van der Waals surface area contributed by atoms with Gasteiger partial charge in [-0.2, -0.15) is 0 Å². The molecule has 0 aromatic rings. The lowest BCUT2D eigenvalue weighted by atomic mass is 9.41. The Balaban J connectivity index is 0.000000138. The zero-order chi connectivity index (χ0) is 30.1. The van der Waals surface area contributed by atoms with Crippen LogP contribution in [0.1, 0.15) is 173 Å². The summed E-state index contributed by atoms with van der Waals surface area (Å²) in [6, 6.07) is 0. The van der Waals surface area contributed by atoms with E-state index in [4.69, 9.17) is 0 Å². The van der Waals surface area contributed by atoms with Crippen LogP contribution in [0.15, 0.2) is 0 Å². The second-order valence-corrected chi connectivity index (χ2v) is 18.3. The molecule has 0 amide bonds. The van der Waals surface area contributed by atoms with Crippen LogP contribution in [0.25, 0.3) is 0 Å². The molecule has 0 nitrogen and oxygen atoms in total. The lowest BCUT2D eigenvalue weighted by Crippen LogP contribution is -2.54. The van der Waals surface area contributed by atoms with Gasteiger partial charge in [-0.05, 0) is 141 Å². The summed E-state index contributed by atoms with van der Waals surface area (Å²) < 4.78 is 12.8. The van der Waals surface area contributed by atoms with Crippen LogP contribution >= 0.6 is 0 Å². The standard InChI is InChI=1S/C8H15F.2C8H14.C8H16.C7H14/c1-6(2)7-4-8(3,9)5-7;1-6(2)8-3-7(4-8)5-8;1-6(2)7-5-8(7)3-4-8;1-7(2)8(3)5-4-6-8;1-6(2)7-4-3-5-7/h6-7H,4-5H2,1-3H3;2*6-7H,3-5H2,1-2H3;7H,4-6H2,1-3H3;6-7H,3-5H2,1-2H3. The predicted octanol–water partition coefficient (Wildman–Crippen LogP) is 12.9. The van der Waals surface area contributed by atoms with Crippen LogP contribution in [0.2, 0.25) is 0 Å². The van der Waals surface area contributed by atoms with Gasteiger partial charge in [0.25, 0.3) is 0 Å². The third-order valence-corrected chi connectivity index (χ3v) is 13.6. The first-order chi connectivity index (χ1) is 18.4. The lowest BCUT2D eigenvalue weighted by molar-refractivity contribution is -0.141. The summed E-state index contributed by atoms with van der Waals surface area (Å²) in [7, 11) is 0. The van der Waals surface area contributed by atoms with Crippen molar-refractivity contribution in [1.82, 2.24) is 0 Å². The first-order valence-electron chi connectivity index (χ1n) is 18.1. The third kappa shape index (κ3) is 8.74. The van der Waals surface area contributed by atoms with Crippen LogP contribution in [-0.4, -0.2) is 5.67 Å². The molecule has 1 heteroatoms. The van der Waals surface area contributed by atoms with Crippen molar-refractivity contribution in [3.8, 4) is 0 Å². The van der Waals surface area contributed by atoms with Crippen LogP contribution in [-0.2, 0) is 0 Å². The second-order valence-electron chi connectivity index (χ2n) is 18.3. The third-order valence-electron chi connectivity index (χ3n) is 13.6. The highest BCUT2D eigenvalue weighted by atomic mass is 19.1. The van der Waals surface area contributed by atoms with Crippen molar-refractivity contribution in [2.75, 3.05) is 0 Å². The van der Waals surface area contributed by atoms with E-state index < -0.39 is 5.67 Å². The van der Waals surface area contributed by atoms with E-state index in [0.717, 1.165) is 70.5 Å². The normalized spacial score (nSPS) is 36.6. The van der Waals surface area contributed by atoms with Crippen molar-refractivity contribution < 1.29 is 4.39 Å². The van der Waals surface area contributed by atoms with E-state index in [2.05, 4.69) is 76.2 Å². The monoisotopic (exact) mass is 561 g/mol. The van der Waals surface area contributed by atoms with E-state index in [1.807, 2.05) is 0 Å². The van der Waals surface area contributed by atoms with Crippen LogP contribution in [0, 0.1) is 69.5 Å².